The summed E-state index contributed by atoms with van der Waals surface area (Å²) in [6.45, 7) is 4.12. The summed E-state index contributed by atoms with van der Waals surface area (Å²) in [6.07, 6.45) is 3.66. The molecule has 3 aromatic rings. The van der Waals surface area contributed by atoms with Crippen LogP contribution in [0.3, 0.4) is 0 Å². The van der Waals surface area contributed by atoms with Crippen molar-refractivity contribution in [2.75, 3.05) is 26.2 Å². The topological polar surface area (TPSA) is 45.7 Å². The lowest BCUT2D eigenvalue weighted by Gasteiger charge is -2.34. The molecule has 1 aliphatic heterocycles. The van der Waals surface area contributed by atoms with Gasteiger partial charge in [0.25, 0.3) is 5.91 Å². The van der Waals surface area contributed by atoms with Crippen molar-refractivity contribution in [3.63, 3.8) is 0 Å². The molecular formula is C24H22Cl3N3O2. The smallest absolute Gasteiger partial charge is 0.253 e. The standard InChI is InChI=1S/C24H22Cl3N3O2/c25-20-12-21(26)23(22(27)13-20)32-16-17-3-1-5-19(11-17)24(31)30-9-7-29(8-10-30)15-18-4-2-6-28-14-18/h1-6,11-14H,7-10,15-16H2. The average molecular weight is 491 g/mol. The van der Waals surface area contributed by atoms with Gasteiger partial charge in [0.15, 0.2) is 5.75 Å². The molecule has 0 saturated carbocycles. The van der Waals surface area contributed by atoms with Crippen LogP contribution in [0.15, 0.2) is 60.9 Å². The number of hydrogen-bond acceptors (Lipinski definition) is 4. The Labute approximate surface area is 202 Å². The van der Waals surface area contributed by atoms with Gasteiger partial charge in [-0.2, -0.15) is 0 Å². The van der Waals surface area contributed by atoms with E-state index in [0.717, 1.165) is 25.2 Å². The monoisotopic (exact) mass is 489 g/mol. The minimum absolute atomic E-state index is 0.0236. The van der Waals surface area contributed by atoms with E-state index in [4.69, 9.17) is 39.5 Å². The zero-order valence-corrected chi connectivity index (χ0v) is 19.6. The summed E-state index contributed by atoms with van der Waals surface area (Å²) in [5.74, 6) is 0.398. The number of rotatable bonds is 6. The molecular weight excluding hydrogens is 469 g/mol. The van der Waals surface area contributed by atoms with E-state index in [0.29, 0.717) is 39.5 Å². The number of benzene rings is 2. The molecule has 8 heteroatoms. The van der Waals surface area contributed by atoms with Crippen LogP contribution >= 0.6 is 34.8 Å². The number of aromatic nitrogens is 1. The van der Waals surface area contributed by atoms with Crippen molar-refractivity contribution in [3.05, 3.63) is 92.7 Å². The molecule has 0 atom stereocenters. The number of pyridine rings is 1. The molecule has 1 saturated heterocycles. The zero-order valence-electron chi connectivity index (χ0n) is 17.3. The lowest BCUT2D eigenvalue weighted by molar-refractivity contribution is 0.0628. The Kier molecular flexibility index (Phi) is 7.53. The summed E-state index contributed by atoms with van der Waals surface area (Å²) in [4.78, 5) is 21.4. The fraction of sp³-hybridized carbons (Fsp3) is 0.250. The van der Waals surface area contributed by atoms with Crippen molar-refractivity contribution in [2.45, 2.75) is 13.2 Å². The highest BCUT2D eigenvalue weighted by atomic mass is 35.5. The van der Waals surface area contributed by atoms with Crippen molar-refractivity contribution in [1.29, 1.82) is 0 Å². The van der Waals surface area contributed by atoms with Gasteiger partial charge in [-0.25, -0.2) is 0 Å². The molecule has 1 aromatic heterocycles. The molecule has 0 radical (unpaired) electrons. The molecule has 32 heavy (non-hydrogen) atoms. The van der Waals surface area contributed by atoms with Crippen molar-refractivity contribution in [1.82, 2.24) is 14.8 Å². The molecule has 1 aliphatic rings. The maximum absolute atomic E-state index is 13.0. The van der Waals surface area contributed by atoms with Crippen molar-refractivity contribution in [3.8, 4) is 5.75 Å². The lowest BCUT2D eigenvalue weighted by atomic mass is 10.1. The number of carbonyl (C=O) groups is 1. The minimum Gasteiger partial charge on any atom is -0.486 e. The Morgan fingerprint density at radius 3 is 2.34 bits per heavy atom. The molecule has 2 heterocycles. The van der Waals surface area contributed by atoms with Crippen LogP contribution in [0.4, 0.5) is 0 Å². The van der Waals surface area contributed by atoms with Gasteiger partial charge in [-0.15, -0.1) is 0 Å². The molecule has 166 valence electrons. The summed E-state index contributed by atoms with van der Waals surface area (Å²) >= 11 is 18.3. The van der Waals surface area contributed by atoms with Crippen molar-refractivity contribution >= 4 is 40.7 Å². The van der Waals surface area contributed by atoms with Gasteiger partial charge in [0.2, 0.25) is 0 Å². The van der Waals surface area contributed by atoms with E-state index in [1.807, 2.05) is 41.4 Å². The van der Waals surface area contributed by atoms with Crippen molar-refractivity contribution in [2.24, 2.45) is 0 Å². The number of hydrogen-bond donors (Lipinski definition) is 0. The van der Waals surface area contributed by atoms with Gasteiger partial charge in [0.1, 0.15) is 6.61 Å². The minimum atomic E-state index is 0.0236. The predicted molar refractivity (Wildman–Crippen MR) is 128 cm³/mol. The summed E-state index contributed by atoms with van der Waals surface area (Å²) in [5.41, 5.74) is 2.68. The van der Waals surface area contributed by atoms with Gasteiger partial charge in [-0.05, 0) is 41.5 Å². The first-order chi connectivity index (χ1) is 15.5. The van der Waals surface area contributed by atoms with E-state index in [1.54, 1.807) is 18.3 Å². The van der Waals surface area contributed by atoms with Crippen LogP contribution in [-0.2, 0) is 13.2 Å². The van der Waals surface area contributed by atoms with Gasteiger partial charge in [0, 0.05) is 55.7 Å². The van der Waals surface area contributed by atoms with E-state index in [1.165, 1.54) is 5.56 Å². The fourth-order valence-corrected chi connectivity index (χ4v) is 4.58. The van der Waals surface area contributed by atoms with Crippen LogP contribution in [0, 0.1) is 0 Å². The first kappa shape index (κ1) is 22.9. The summed E-state index contributed by atoms with van der Waals surface area (Å²) in [7, 11) is 0. The number of amides is 1. The molecule has 1 fully saturated rings. The average Bonchev–Trinajstić information content (AvgIpc) is 2.79. The van der Waals surface area contributed by atoms with Crippen LogP contribution in [0.5, 0.6) is 5.75 Å². The molecule has 0 bridgehead atoms. The predicted octanol–water partition coefficient (Wildman–Crippen LogP) is 5.58. The normalized spacial score (nSPS) is 14.4. The molecule has 0 spiro atoms. The second-order valence-corrected chi connectivity index (χ2v) is 8.87. The molecule has 5 nitrogen and oxygen atoms in total. The third kappa shape index (κ3) is 5.73. The molecule has 1 amide bonds. The summed E-state index contributed by atoms with van der Waals surface area (Å²) in [6, 6.07) is 14.6. The maximum atomic E-state index is 13.0. The van der Waals surface area contributed by atoms with E-state index in [-0.39, 0.29) is 12.5 Å². The third-order valence-electron chi connectivity index (χ3n) is 5.31. The van der Waals surface area contributed by atoms with Crippen LogP contribution < -0.4 is 4.74 Å². The molecule has 0 unspecified atom stereocenters. The van der Waals surface area contributed by atoms with Gasteiger partial charge in [0.05, 0.1) is 10.0 Å². The second-order valence-electron chi connectivity index (χ2n) is 7.62. The Bertz CT molecular complexity index is 1060. The maximum Gasteiger partial charge on any atom is 0.253 e. The van der Waals surface area contributed by atoms with Crippen LogP contribution in [-0.4, -0.2) is 46.9 Å². The third-order valence-corrected chi connectivity index (χ3v) is 6.09. The number of piperazine rings is 1. The van der Waals surface area contributed by atoms with Crippen molar-refractivity contribution < 1.29 is 9.53 Å². The zero-order chi connectivity index (χ0) is 22.5. The number of ether oxygens (including phenoxy) is 1. The van der Waals surface area contributed by atoms with E-state index < -0.39 is 0 Å². The quantitative estimate of drug-likeness (QED) is 0.453. The van der Waals surface area contributed by atoms with Gasteiger partial charge >= 0.3 is 0 Å². The fourth-order valence-electron chi connectivity index (χ4n) is 3.66. The number of halogens is 3. The van der Waals surface area contributed by atoms with E-state index in [2.05, 4.69) is 16.0 Å². The van der Waals surface area contributed by atoms with E-state index >= 15 is 0 Å². The van der Waals surface area contributed by atoms with E-state index in [9.17, 15) is 4.79 Å². The second kappa shape index (κ2) is 10.5. The van der Waals surface area contributed by atoms with Crippen LogP contribution in [0.25, 0.3) is 0 Å². The highest BCUT2D eigenvalue weighted by molar-refractivity contribution is 6.40. The summed E-state index contributed by atoms with van der Waals surface area (Å²) in [5, 5.41) is 1.14. The van der Waals surface area contributed by atoms with Gasteiger partial charge in [-0.1, -0.05) is 53.0 Å². The molecule has 0 N–H and O–H groups in total. The SMILES string of the molecule is O=C(c1cccc(COc2c(Cl)cc(Cl)cc2Cl)c1)N1CCN(Cc2cccnc2)CC1. The first-order valence-electron chi connectivity index (χ1n) is 10.3. The largest absolute Gasteiger partial charge is 0.486 e. The number of carbonyl (C=O) groups excluding carboxylic acids is 1. The Balaban J connectivity index is 1.35. The molecule has 0 aliphatic carbocycles. The van der Waals surface area contributed by atoms with Crippen LogP contribution in [0.2, 0.25) is 15.1 Å². The Morgan fingerprint density at radius 1 is 0.938 bits per heavy atom. The summed E-state index contributed by atoms with van der Waals surface area (Å²) < 4.78 is 5.80. The number of nitrogens with zero attached hydrogens (tertiary/aromatic N) is 3. The Morgan fingerprint density at radius 2 is 1.66 bits per heavy atom. The molecule has 2 aromatic carbocycles. The Hall–Kier alpha value is -2.31. The first-order valence-corrected chi connectivity index (χ1v) is 11.4. The van der Waals surface area contributed by atoms with Gasteiger partial charge in [-0.3, -0.25) is 14.7 Å². The van der Waals surface area contributed by atoms with Crippen LogP contribution in [0.1, 0.15) is 21.5 Å². The molecule has 4 rings (SSSR count). The van der Waals surface area contributed by atoms with Gasteiger partial charge < -0.3 is 9.64 Å². The highest BCUT2D eigenvalue weighted by Gasteiger charge is 2.22. The lowest BCUT2D eigenvalue weighted by Crippen LogP contribution is -2.48. The highest BCUT2D eigenvalue weighted by Crippen LogP contribution is 2.36.